The molecule has 0 radical (unpaired) electrons. The van der Waals surface area contributed by atoms with E-state index in [1.54, 1.807) is 24.5 Å². The van der Waals surface area contributed by atoms with E-state index in [1.165, 1.54) is 13.4 Å². The number of nitrogens with zero attached hydrogens (tertiary/aromatic N) is 5. The number of halogens is 1. The van der Waals surface area contributed by atoms with Gasteiger partial charge in [-0.15, -0.1) is 0 Å². The lowest BCUT2D eigenvalue weighted by Crippen LogP contribution is -2.20. The van der Waals surface area contributed by atoms with Crippen molar-refractivity contribution in [1.29, 1.82) is 0 Å². The molecule has 0 saturated carbocycles. The molecule has 33 heavy (non-hydrogen) atoms. The quantitative estimate of drug-likeness (QED) is 0.446. The lowest BCUT2D eigenvalue weighted by Gasteiger charge is -2.11. The second-order valence-corrected chi connectivity index (χ2v) is 7.82. The first kappa shape index (κ1) is 22.2. The van der Waals surface area contributed by atoms with Crippen molar-refractivity contribution in [1.82, 2.24) is 30.2 Å². The molecule has 0 bridgehead atoms. The fraction of sp³-hybridized carbons (Fsp3) is 0.250. The molecule has 1 aromatic carbocycles. The third-order valence-electron chi connectivity index (χ3n) is 5.24. The van der Waals surface area contributed by atoms with Crippen LogP contribution in [0.1, 0.15) is 41.5 Å². The van der Waals surface area contributed by atoms with Crippen LogP contribution in [0.15, 0.2) is 49.2 Å². The summed E-state index contributed by atoms with van der Waals surface area (Å²) in [5.74, 6) is 0.590. The average molecular weight is 446 g/mol. The Morgan fingerprint density at radius 2 is 1.85 bits per heavy atom. The molecule has 0 spiro atoms. The van der Waals surface area contributed by atoms with Crippen LogP contribution in [0.5, 0.6) is 0 Å². The lowest BCUT2D eigenvalue weighted by molar-refractivity contribution is 0.0961. The van der Waals surface area contributed by atoms with Crippen LogP contribution in [-0.2, 0) is 6.42 Å². The molecule has 0 aliphatic heterocycles. The van der Waals surface area contributed by atoms with Gasteiger partial charge in [0.1, 0.15) is 18.0 Å². The molecule has 0 atom stereocenters. The first-order chi connectivity index (χ1) is 16.0. The molecule has 8 nitrogen and oxygen atoms in total. The van der Waals surface area contributed by atoms with Crippen LogP contribution in [0.25, 0.3) is 22.2 Å². The number of nitrogens with one attached hydrogen (secondary N) is 2. The highest BCUT2D eigenvalue weighted by molar-refractivity contribution is 6.06. The Labute approximate surface area is 190 Å². The predicted octanol–water partition coefficient (Wildman–Crippen LogP) is 3.76. The molecular weight excluding hydrogens is 421 g/mol. The molecular formula is C24H24FN7O. The van der Waals surface area contributed by atoms with Crippen molar-refractivity contribution in [3.8, 4) is 11.3 Å². The van der Waals surface area contributed by atoms with Gasteiger partial charge in [0.05, 0.1) is 23.0 Å². The van der Waals surface area contributed by atoms with E-state index in [4.69, 9.17) is 0 Å². The van der Waals surface area contributed by atoms with E-state index in [0.717, 1.165) is 28.8 Å². The number of amides is 1. The number of para-hydroxylation sites is 1. The Morgan fingerprint density at radius 3 is 2.58 bits per heavy atom. The van der Waals surface area contributed by atoms with Gasteiger partial charge in [-0.05, 0) is 12.0 Å². The molecule has 0 aliphatic rings. The van der Waals surface area contributed by atoms with Gasteiger partial charge in [0.2, 0.25) is 0 Å². The van der Waals surface area contributed by atoms with Crippen LogP contribution in [0.4, 0.5) is 10.2 Å². The van der Waals surface area contributed by atoms with Gasteiger partial charge in [0.25, 0.3) is 5.91 Å². The van der Waals surface area contributed by atoms with Gasteiger partial charge in [-0.1, -0.05) is 32.0 Å². The second-order valence-electron chi connectivity index (χ2n) is 7.82. The minimum absolute atomic E-state index is 0.00320. The Morgan fingerprint density at radius 1 is 1.06 bits per heavy atom. The highest BCUT2D eigenvalue weighted by Gasteiger charge is 2.17. The summed E-state index contributed by atoms with van der Waals surface area (Å²) in [4.78, 5) is 33.8. The summed E-state index contributed by atoms with van der Waals surface area (Å²) in [6, 6.07) is 7.26. The van der Waals surface area contributed by atoms with Crippen LogP contribution in [0, 0.1) is 5.82 Å². The molecule has 3 aromatic heterocycles. The molecule has 2 N–H and O–H groups in total. The van der Waals surface area contributed by atoms with E-state index in [2.05, 4.69) is 35.6 Å². The number of fused-ring (bicyclic) bond motifs is 1. The number of benzene rings is 1. The van der Waals surface area contributed by atoms with Crippen molar-refractivity contribution in [3.63, 3.8) is 0 Å². The third-order valence-corrected chi connectivity index (χ3v) is 5.24. The zero-order valence-corrected chi connectivity index (χ0v) is 18.6. The van der Waals surface area contributed by atoms with Crippen LogP contribution in [-0.4, -0.2) is 44.4 Å². The van der Waals surface area contributed by atoms with Crippen LogP contribution >= 0.6 is 0 Å². The Balaban J connectivity index is 1.50. The van der Waals surface area contributed by atoms with Crippen molar-refractivity contribution < 1.29 is 9.18 Å². The molecule has 4 aromatic rings. The van der Waals surface area contributed by atoms with Gasteiger partial charge in [-0.25, -0.2) is 24.3 Å². The van der Waals surface area contributed by atoms with Crippen LogP contribution in [0.3, 0.4) is 0 Å². The molecule has 0 fully saturated rings. The zero-order chi connectivity index (χ0) is 23.4. The Bertz CT molecular complexity index is 1290. The van der Waals surface area contributed by atoms with Gasteiger partial charge in [-0.3, -0.25) is 9.78 Å². The van der Waals surface area contributed by atoms with Crippen LogP contribution < -0.4 is 10.6 Å². The highest BCUT2D eigenvalue weighted by Crippen LogP contribution is 2.24. The van der Waals surface area contributed by atoms with E-state index < -0.39 is 11.7 Å². The van der Waals surface area contributed by atoms with Crippen molar-refractivity contribution >= 4 is 22.6 Å². The van der Waals surface area contributed by atoms with Gasteiger partial charge in [0, 0.05) is 48.9 Å². The number of anilines is 1. The number of carbonyl (C=O) groups is 1. The van der Waals surface area contributed by atoms with Gasteiger partial charge < -0.3 is 10.6 Å². The van der Waals surface area contributed by atoms with E-state index in [9.17, 15) is 9.18 Å². The van der Waals surface area contributed by atoms with Crippen LogP contribution in [0.2, 0.25) is 0 Å². The first-order valence-electron chi connectivity index (χ1n) is 10.6. The molecule has 9 heteroatoms. The molecule has 0 aliphatic carbocycles. The maximum absolute atomic E-state index is 14.2. The molecule has 4 rings (SSSR count). The first-order valence-corrected chi connectivity index (χ1v) is 10.6. The summed E-state index contributed by atoms with van der Waals surface area (Å²) in [7, 11) is 1.47. The topological polar surface area (TPSA) is 106 Å². The SMILES string of the molecule is CNC(=O)c1c(F)cnc2c(CCNc3cc(-c4cnc(C(C)C)nc4)ncn3)cccc12. The summed E-state index contributed by atoms with van der Waals surface area (Å²) >= 11 is 0. The van der Waals surface area contributed by atoms with Gasteiger partial charge in [0.15, 0.2) is 5.82 Å². The van der Waals surface area contributed by atoms with E-state index in [0.29, 0.717) is 29.7 Å². The summed E-state index contributed by atoms with van der Waals surface area (Å²) in [6.07, 6.45) is 6.71. The van der Waals surface area contributed by atoms with Crippen molar-refractivity contribution in [2.45, 2.75) is 26.2 Å². The Kier molecular flexibility index (Phi) is 6.48. The maximum atomic E-state index is 14.2. The van der Waals surface area contributed by atoms with Gasteiger partial charge in [-0.2, -0.15) is 0 Å². The second kappa shape index (κ2) is 9.64. The van der Waals surface area contributed by atoms with Gasteiger partial charge >= 0.3 is 0 Å². The molecule has 0 saturated heterocycles. The van der Waals surface area contributed by atoms with Crippen molar-refractivity contribution in [2.75, 3.05) is 18.9 Å². The molecule has 1 amide bonds. The summed E-state index contributed by atoms with van der Waals surface area (Å²) in [5.41, 5.74) is 3.04. The number of pyridine rings is 1. The summed E-state index contributed by atoms with van der Waals surface area (Å²) < 4.78 is 14.2. The smallest absolute Gasteiger partial charge is 0.254 e. The number of aromatic nitrogens is 5. The monoisotopic (exact) mass is 445 g/mol. The number of hydrogen-bond acceptors (Lipinski definition) is 7. The fourth-order valence-corrected chi connectivity index (χ4v) is 3.52. The fourth-order valence-electron chi connectivity index (χ4n) is 3.52. The van der Waals surface area contributed by atoms with Crippen molar-refractivity contribution in [3.05, 3.63) is 72.0 Å². The normalized spacial score (nSPS) is 11.1. The summed E-state index contributed by atoms with van der Waals surface area (Å²) in [5, 5.41) is 6.25. The van der Waals surface area contributed by atoms with E-state index in [1.807, 2.05) is 26.0 Å². The Hall–Kier alpha value is -4.01. The molecule has 168 valence electrons. The van der Waals surface area contributed by atoms with E-state index >= 15 is 0 Å². The summed E-state index contributed by atoms with van der Waals surface area (Å²) in [6.45, 7) is 4.65. The lowest BCUT2D eigenvalue weighted by atomic mass is 10.0. The zero-order valence-electron chi connectivity index (χ0n) is 18.6. The number of hydrogen-bond donors (Lipinski definition) is 2. The molecule has 0 unspecified atom stereocenters. The average Bonchev–Trinajstić information content (AvgIpc) is 2.84. The highest BCUT2D eigenvalue weighted by atomic mass is 19.1. The molecule has 3 heterocycles. The maximum Gasteiger partial charge on any atom is 0.254 e. The third kappa shape index (κ3) is 4.77. The van der Waals surface area contributed by atoms with Crippen molar-refractivity contribution in [2.24, 2.45) is 0 Å². The minimum atomic E-state index is -0.643. The standard InChI is InChI=1S/C24H24FN7O/c1-14(2)23-29-10-16(11-30-23)19-9-20(32-13-31-19)27-8-7-15-5-4-6-17-21(24(33)26-3)18(25)12-28-22(15)17/h4-6,9-14H,7-8H2,1-3H3,(H,26,33)(H,27,31,32). The largest absolute Gasteiger partial charge is 0.370 e. The number of rotatable bonds is 7. The number of carbonyl (C=O) groups excluding carboxylic acids is 1. The minimum Gasteiger partial charge on any atom is -0.370 e. The van der Waals surface area contributed by atoms with E-state index in [-0.39, 0.29) is 11.5 Å². The predicted molar refractivity (Wildman–Crippen MR) is 124 cm³/mol.